The molecule has 106 valence electrons. The van der Waals surface area contributed by atoms with Gasteiger partial charge in [-0.05, 0) is 42.9 Å². The molecule has 0 unspecified atom stereocenters. The summed E-state index contributed by atoms with van der Waals surface area (Å²) in [5, 5.41) is 4.45. The summed E-state index contributed by atoms with van der Waals surface area (Å²) < 4.78 is 5.19. The molecule has 20 heavy (non-hydrogen) atoms. The molecule has 1 fully saturated rings. The summed E-state index contributed by atoms with van der Waals surface area (Å²) in [6.07, 6.45) is 5.21. The highest BCUT2D eigenvalue weighted by atomic mass is 16.5. The molecule has 5 nitrogen and oxygen atoms in total. The molecule has 1 aromatic carbocycles. The van der Waals surface area contributed by atoms with Crippen LogP contribution in [0.5, 0.6) is 0 Å². The van der Waals surface area contributed by atoms with Crippen LogP contribution in [0, 0.1) is 5.41 Å². The molecule has 0 amide bonds. The molecule has 1 aliphatic rings. The summed E-state index contributed by atoms with van der Waals surface area (Å²) in [5.74, 6) is 0.867. The SMILES string of the molecule is COCCC1(CNc2ncnc3ccc(N)cc23)CC1. The summed E-state index contributed by atoms with van der Waals surface area (Å²) >= 11 is 0. The van der Waals surface area contributed by atoms with Crippen molar-refractivity contribution < 1.29 is 4.74 Å². The molecular weight excluding hydrogens is 252 g/mol. The maximum absolute atomic E-state index is 5.85. The molecule has 0 spiro atoms. The van der Waals surface area contributed by atoms with Crippen LogP contribution >= 0.6 is 0 Å². The van der Waals surface area contributed by atoms with Crippen LogP contribution < -0.4 is 11.1 Å². The fraction of sp³-hybridized carbons (Fsp3) is 0.467. The summed E-state index contributed by atoms with van der Waals surface area (Å²) in [6, 6.07) is 5.71. The smallest absolute Gasteiger partial charge is 0.137 e. The van der Waals surface area contributed by atoms with E-state index in [1.54, 1.807) is 13.4 Å². The van der Waals surface area contributed by atoms with Gasteiger partial charge in [-0.15, -0.1) is 0 Å². The van der Waals surface area contributed by atoms with E-state index in [0.29, 0.717) is 5.41 Å². The Morgan fingerprint density at radius 2 is 2.20 bits per heavy atom. The van der Waals surface area contributed by atoms with Crippen molar-refractivity contribution in [2.75, 3.05) is 31.3 Å². The Kier molecular flexibility index (Phi) is 3.44. The molecular formula is C15H20N4O. The van der Waals surface area contributed by atoms with E-state index in [2.05, 4.69) is 15.3 Å². The summed E-state index contributed by atoms with van der Waals surface area (Å²) in [6.45, 7) is 1.75. The van der Waals surface area contributed by atoms with Gasteiger partial charge in [0.2, 0.25) is 0 Å². The second-order valence-corrected chi connectivity index (χ2v) is 5.60. The lowest BCUT2D eigenvalue weighted by Gasteiger charge is -2.16. The van der Waals surface area contributed by atoms with Gasteiger partial charge in [-0.2, -0.15) is 0 Å². The van der Waals surface area contributed by atoms with Crippen molar-refractivity contribution in [2.45, 2.75) is 19.3 Å². The van der Waals surface area contributed by atoms with Gasteiger partial charge in [-0.3, -0.25) is 0 Å². The first-order valence-corrected chi connectivity index (χ1v) is 6.96. The third-order valence-electron chi connectivity index (χ3n) is 4.08. The van der Waals surface area contributed by atoms with Crippen LogP contribution in [0.2, 0.25) is 0 Å². The zero-order valence-corrected chi connectivity index (χ0v) is 11.7. The third kappa shape index (κ3) is 2.67. The van der Waals surface area contributed by atoms with Crippen LogP contribution in [-0.2, 0) is 4.74 Å². The molecule has 0 atom stereocenters. The van der Waals surface area contributed by atoms with Gasteiger partial charge >= 0.3 is 0 Å². The van der Waals surface area contributed by atoms with Gasteiger partial charge in [0.1, 0.15) is 12.1 Å². The van der Waals surface area contributed by atoms with Crippen molar-refractivity contribution in [2.24, 2.45) is 5.41 Å². The van der Waals surface area contributed by atoms with Crippen molar-refractivity contribution >= 4 is 22.4 Å². The van der Waals surface area contributed by atoms with Crippen LogP contribution in [0.15, 0.2) is 24.5 Å². The molecule has 1 saturated carbocycles. The molecule has 2 aromatic rings. The highest BCUT2D eigenvalue weighted by Gasteiger charge is 2.41. The Labute approximate surface area is 118 Å². The second kappa shape index (κ2) is 5.25. The number of anilines is 2. The van der Waals surface area contributed by atoms with E-state index in [9.17, 15) is 0 Å². The molecule has 3 N–H and O–H groups in total. The minimum absolute atomic E-state index is 0.383. The molecule has 3 rings (SSSR count). The van der Waals surface area contributed by atoms with Crippen LogP contribution in [0.3, 0.4) is 0 Å². The minimum atomic E-state index is 0.383. The number of nitrogen functional groups attached to an aromatic ring is 1. The number of methoxy groups -OCH3 is 1. The van der Waals surface area contributed by atoms with Gasteiger partial charge in [0.05, 0.1) is 5.52 Å². The first kappa shape index (κ1) is 13.1. The largest absolute Gasteiger partial charge is 0.399 e. The minimum Gasteiger partial charge on any atom is -0.399 e. The Balaban J connectivity index is 1.76. The molecule has 5 heteroatoms. The number of hydrogen-bond donors (Lipinski definition) is 2. The predicted octanol–water partition coefficient (Wildman–Crippen LogP) is 2.44. The Morgan fingerprint density at radius 1 is 1.35 bits per heavy atom. The number of nitrogens with two attached hydrogens (primary N) is 1. The molecule has 0 aliphatic heterocycles. The van der Waals surface area contributed by atoms with Gasteiger partial charge in [0.15, 0.2) is 0 Å². The van der Waals surface area contributed by atoms with E-state index in [4.69, 9.17) is 10.5 Å². The zero-order valence-electron chi connectivity index (χ0n) is 11.7. The van der Waals surface area contributed by atoms with Crippen molar-refractivity contribution in [1.82, 2.24) is 9.97 Å². The topological polar surface area (TPSA) is 73.1 Å². The van der Waals surface area contributed by atoms with Crippen molar-refractivity contribution in [3.63, 3.8) is 0 Å². The van der Waals surface area contributed by atoms with Gasteiger partial charge in [-0.25, -0.2) is 9.97 Å². The fourth-order valence-electron chi connectivity index (χ4n) is 2.50. The van der Waals surface area contributed by atoms with E-state index in [-0.39, 0.29) is 0 Å². The lowest BCUT2D eigenvalue weighted by molar-refractivity contribution is 0.175. The lowest BCUT2D eigenvalue weighted by atomic mass is 10.0. The molecule has 1 aromatic heterocycles. The van der Waals surface area contributed by atoms with E-state index < -0.39 is 0 Å². The standard InChI is InChI=1S/C15H20N4O/c1-20-7-6-15(4-5-15)9-17-14-12-8-11(16)2-3-13(12)18-10-19-14/h2-3,8,10H,4-7,9,16H2,1H3,(H,17,18,19). The molecule has 0 saturated heterocycles. The monoisotopic (exact) mass is 272 g/mol. The molecule has 0 radical (unpaired) electrons. The van der Waals surface area contributed by atoms with Gasteiger partial charge in [0.25, 0.3) is 0 Å². The highest BCUT2D eigenvalue weighted by Crippen LogP contribution is 2.48. The Bertz CT molecular complexity index is 610. The first-order valence-electron chi connectivity index (χ1n) is 6.96. The average Bonchev–Trinajstić information content (AvgIpc) is 3.23. The number of aromatic nitrogens is 2. The number of ether oxygens (including phenoxy) is 1. The second-order valence-electron chi connectivity index (χ2n) is 5.60. The van der Waals surface area contributed by atoms with Crippen LogP contribution in [0.1, 0.15) is 19.3 Å². The number of rotatable bonds is 6. The Hall–Kier alpha value is -1.88. The van der Waals surface area contributed by atoms with Crippen molar-refractivity contribution in [3.8, 4) is 0 Å². The number of nitrogens with one attached hydrogen (secondary N) is 1. The van der Waals surface area contributed by atoms with Crippen molar-refractivity contribution in [1.29, 1.82) is 0 Å². The zero-order chi connectivity index (χ0) is 14.0. The predicted molar refractivity (Wildman–Crippen MR) is 80.6 cm³/mol. The number of fused-ring (bicyclic) bond motifs is 1. The van der Waals surface area contributed by atoms with Crippen LogP contribution in [0.25, 0.3) is 10.9 Å². The summed E-state index contributed by atoms with van der Waals surface area (Å²) in [7, 11) is 1.75. The molecule has 1 heterocycles. The lowest BCUT2D eigenvalue weighted by Crippen LogP contribution is -2.18. The quantitative estimate of drug-likeness (QED) is 0.790. The first-order chi connectivity index (χ1) is 9.72. The number of hydrogen-bond acceptors (Lipinski definition) is 5. The Morgan fingerprint density at radius 3 is 2.95 bits per heavy atom. The summed E-state index contributed by atoms with van der Waals surface area (Å²) in [4.78, 5) is 8.62. The van der Waals surface area contributed by atoms with Crippen molar-refractivity contribution in [3.05, 3.63) is 24.5 Å². The molecule has 0 bridgehead atoms. The maximum atomic E-state index is 5.85. The average molecular weight is 272 g/mol. The normalized spacial score (nSPS) is 16.2. The van der Waals surface area contributed by atoms with E-state index in [1.807, 2.05) is 18.2 Å². The highest BCUT2D eigenvalue weighted by molar-refractivity contribution is 5.91. The van der Waals surface area contributed by atoms with Crippen LogP contribution in [-0.4, -0.2) is 30.2 Å². The van der Waals surface area contributed by atoms with Crippen LogP contribution in [0.4, 0.5) is 11.5 Å². The fourth-order valence-corrected chi connectivity index (χ4v) is 2.50. The van der Waals surface area contributed by atoms with E-state index in [1.165, 1.54) is 12.8 Å². The summed E-state index contributed by atoms with van der Waals surface area (Å²) in [5.41, 5.74) is 7.88. The number of nitrogens with zero attached hydrogens (tertiary/aromatic N) is 2. The van der Waals surface area contributed by atoms with Gasteiger partial charge in [0, 0.05) is 31.3 Å². The maximum Gasteiger partial charge on any atom is 0.137 e. The number of benzene rings is 1. The van der Waals surface area contributed by atoms with Gasteiger partial charge in [-0.1, -0.05) is 0 Å². The van der Waals surface area contributed by atoms with E-state index in [0.717, 1.165) is 42.0 Å². The van der Waals surface area contributed by atoms with Gasteiger partial charge < -0.3 is 15.8 Å². The molecule has 1 aliphatic carbocycles. The van der Waals surface area contributed by atoms with E-state index >= 15 is 0 Å². The third-order valence-corrected chi connectivity index (χ3v) is 4.08.